The lowest BCUT2D eigenvalue weighted by molar-refractivity contribution is -0.166. The van der Waals surface area contributed by atoms with Gasteiger partial charge in [-0.15, -0.1) is 0 Å². The first-order valence-corrected chi connectivity index (χ1v) is 7.25. The van der Waals surface area contributed by atoms with Gasteiger partial charge in [0.1, 0.15) is 0 Å². The predicted octanol–water partition coefficient (Wildman–Crippen LogP) is 1.96. The van der Waals surface area contributed by atoms with Crippen LogP contribution in [0.2, 0.25) is 0 Å². The molecule has 0 aliphatic carbocycles. The molecule has 0 saturated heterocycles. The van der Waals surface area contributed by atoms with Crippen molar-refractivity contribution in [3.63, 3.8) is 0 Å². The molecule has 0 bridgehead atoms. The van der Waals surface area contributed by atoms with Gasteiger partial charge in [0, 0.05) is 12.7 Å². The van der Waals surface area contributed by atoms with Gasteiger partial charge in [0.25, 0.3) is 0 Å². The number of ether oxygens (including phenoxy) is 2. The van der Waals surface area contributed by atoms with E-state index in [0.717, 1.165) is 12.1 Å². The highest BCUT2D eigenvalue weighted by Crippen LogP contribution is 2.14. The maximum Gasteiger partial charge on any atom is 0.320 e. The zero-order chi connectivity index (χ0) is 16.0. The maximum atomic E-state index is 12.1. The number of hydrogen-bond acceptors (Lipinski definition) is 5. The quantitative estimate of drug-likeness (QED) is 0.568. The summed E-state index contributed by atoms with van der Waals surface area (Å²) in [6.45, 7) is 9.69. The van der Waals surface area contributed by atoms with Crippen LogP contribution in [-0.4, -0.2) is 33.9 Å². The minimum absolute atomic E-state index is 0.233. The van der Waals surface area contributed by atoms with Crippen LogP contribution in [0, 0.1) is 5.92 Å². The van der Waals surface area contributed by atoms with E-state index in [1.54, 1.807) is 38.6 Å². The molecule has 0 spiro atoms. The van der Waals surface area contributed by atoms with Gasteiger partial charge in [-0.25, -0.2) is 0 Å². The first-order chi connectivity index (χ1) is 9.83. The van der Waals surface area contributed by atoms with Crippen molar-refractivity contribution in [3.8, 4) is 0 Å². The minimum atomic E-state index is -0.954. The molecule has 21 heavy (non-hydrogen) atoms. The third kappa shape index (κ3) is 5.57. The Hall–Kier alpha value is -1.85. The number of carbonyl (C=O) groups excluding carboxylic acids is 2. The fourth-order valence-corrected chi connectivity index (χ4v) is 1.81. The van der Waals surface area contributed by atoms with Crippen molar-refractivity contribution < 1.29 is 19.1 Å². The van der Waals surface area contributed by atoms with E-state index >= 15 is 0 Å². The molecule has 1 aromatic heterocycles. The van der Waals surface area contributed by atoms with Gasteiger partial charge >= 0.3 is 11.9 Å². The summed E-state index contributed by atoms with van der Waals surface area (Å²) in [5, 5.41) is 4.14. The van der Waals surface area contributed by atoms with E-state index in [2.05, 4.69) is 5.10 Å². The molecule has 1 rings (SSSR count). The SMILES string of the molecule is CCn1cc(CC(C(=O)OC(C)C)C(=O)OC(C)C)cn1. The van der Waals surface area contributed by atoms with Crippen LogP contribution in [0.5, 0.6) is 0 Å². The number of rotatable bonds is 7. The van der Waals surface area contributed by atoms with Crippen molar-refractivity contribution >= 4 is 11.9 Å². The van der Waals surface area contributed by atoms with Crippen LogP contribution in [0.1, 0.15) is 40.2 Å². The molecule has 0 amide bonds. The Morgan fingerprint density at radius 2 is 1.67 bits per heavy atom. The molecule has 0 N–H and O–H groups in total. The van der Waals surface area contributed by atoms with Gasteiger partial charge in [0.15, 0.2) is 5.92 Å². The first kappa shape index (κ1) is 17.2. The standard InChI is InChI=1S/C15H24N2O4/c1-6-17-9-12(8-16-17)7-13(14(18)20-10(2)3)15(19)21-11(4)5/h8-11,13H,6-7H2,1-5H3. The Kier molecular flexibility index (Phi) is 6.39. The predicted molar refractivity (Wildman–Crippen MR) is 77.6 cm³/mol. The van der Waals surface area contributed by atoms with E-state index in [0.29, 0.717) is 0 Å². The summed E-state index contributed by atoms with van der Waals surface area (Å²) in [5.41, 5.74) is 0.809. The summed E-state index contributed by atoms with van der Waals surface area (Å²) in [4.78, 5) is 24.2. The van der Waals surface area contributed by atoms with Crippen molar-refractivity contribution in [1.29, 1.82) is 0 Å². The van der Waals surface area contributed by atoms with Crippen LogP contribution in [0.3, 0.4) is 0 Å². The van der Waals surface area contributed by atoms with Gasteiger partial charge in [-0.3, -0.25) is 14.3 Å². The molecular weight excluding hydrogens is 272 g/mol. The average Bonchev–Trinajstić information content (AvgIpc) is 2.81. The first-order valence-electron chi connectivity index (χ1n) is 7.25. The summed E-state index contributed by atoms with van der Waals surface area (Å²) in [5.74, 6) is -2.07. The van der Waals surface area contributed by atoms with Crippen LogP contribution >= 0.6 is 0 Å². The summed E-state index contributed by atoms with van der Waals surface area (Å²) < 4.78 is 12.1. The molecule has 0 aliphatic rings. The Morgan fingerprint density at radius 3 is 2.05 bits per heavy atom. The highest BCUT2D eigenvalue weighted by molar-refractivity contribution is 5.95. The molecule has 6 heteroatoms. The number of nitrogens with zero attached hydrogens (tertiary/aromatic N) is 2. The monoisotopic (exact) mass is 296 g/mol. The summed E-state index contributed by atoms with van der Waals surface area (Å²) >= 11 is 0. The average molecular weight is 296 g/mol. The lowest BCUT2D eigenvalue weighted by Crippen LogP contribution is -2.32. The molecule has 0 aromatic carbocycles. The molecule has 0 aliphatic heterocycles. The summed E-state index contributed by atoms with van der Waals surface area (Å²) in [6, 6.07) is 0. The summed E-state index contributed by atoms with van der Waals surface area (Å²) in [7, 11) is 0. The fourth-order valence-electron chi connectivity index (χ4n) is 1.81. The van der Waals surface area contributed by atoms with E-state index in [9.17, 15) is 9.59 Å². The number of carbonyl (C=O) groups is 2. The molecule has 0 unspecified atom stereocenters. The summed E-state index contributed by atoms with van der Waals surface area (Å²) in [6.07, 6.45) is 3.16. The third-order valence-electron chi connectivity index (χ3n) is 2.72. The molecule has 0 radical (unpaired) electrons. The van der Waals surface area contributed by atoms with E-state index in [-0.39, 0.29) is 18.6 Å². The zero-order valence-electron chi connectivity index (χ0n) is 13.3. The van der Waals surface area contributed by atoms with Crippen molar-refractivity contribution in [2.45, 2.75) is 59.8 Å². The number of hydrogen-bond donors (Lipinski definition) is 0. The Balaban J connectivity index is 2.84. The topological polar surface area (TPSA) is 70.4 Å². The maximum absolute atomic E-state index is 12.1. The van der Waals surface area contributed by atoms with Gasteiger partial charge in [-0.05, 0) is 46.6 Å². The minimum Gasteiger partial charge on any atom is -0.462 e. The third-order valence-corrected chi connectivity index (χ3v) is 2.72. The van der Waals surface area contributed by atoms with Crippen LogP contribution in [0.25, 0.3) is 0 Å². The molecule has 118 valence electrons. The zero-order valence-corrected chi connectivity index (χ0v) is 13.3. The lowest BCUT2D eigenvalue weighted by atomic mass is 10.0. The number of aromatic nitrogens is 2. The Bertz CT molecular complexity index is 458. The van der Waals surface area contributed by atoms with E-state index < -0.39 is 17.9 Å². The highest BCUT2D eigenvalue weighted by atomic mass is 16.6. The van der Waals surface area contributed by atoms with Gasteiger partial charge in [-0.1, -0.05) is 0 Å². The number of esters is 2. The Morgan fingerprint density at radius 1 is 1.14 bits per heavy atom. The van der Waals surface area contributed by atoms with E-state index in [1.807, 2.05) is 13.1 Å². The molecule has 0 atom stereocenters. The van der Waals surface area contributed by atoms with Gasteiger partial charge in [0.05, 0.1) is 18.4 Å². The van der Waals surface area contributed by atoms with E-state index in [4.69, 9.17) is 9.47 Å². The van der Waals surface area contributed by atoms with Crippen LogP contribution in [0.4, 0.5) is 0 Å². The largest absolute Gasteiger partial charge is 0.462 e. The second-order valence-corrected chi connectivity index (χ2v) is 5.43. The Labute approximate surface area is 125 Å². The van der Waals surface area contributed by atoms with Crippen LogP contribution < -0.4 is 0 Å². The molecule has 6 nitrogen and oxygen atoms in total. The number of aryl methyl sites for hydroxylation is 1. The van der Waals surface area contributed by atoms with Gasteiger partial charge in [-0.2, -0.15) is 5.10 Å². The van der Waals surface area contributed by atoms with E-state index in [1.165, 1.54) is 0 Å². The lowest BCUT2D eigenvalue weighted by Gasteiger charge is -2.17. The fraction of sp³-hybridized carbons (Fsp3) is 0.667. The second kappa shape index (κ2) is 7.81. The second-order valence-electron chi connectivity index (χ2n) is 5.43. The van der Waals surface area contributed by atoms with Crippen LogP contribution in [0.15, 0.2) is 12.4 Å². The normalized spacial score (nSPS) is 11.2. The van der Waals surface area contributed by atoms with Gasteiger partial charge < -0.3 is 9.47 Å². The van der Waals surface area contributed by atoms with Crippen LogP contribution in [-0.2, 0) is 32.0 Å². The molecule has 1 heterocycles. The van der Waals surface area contributed by atoms with Crippen molar-refractivity contribution in [2.24, 2.45) is 5.92 Å². The van der Waals surface area contributed by atoms with Crippen molar-refractivity contribution in [2.75, 3.05) is 0 Å². The molecule has 0 fully saturated rings. The highest BCUT2D eigenvalue weighted by Gasteiger charge is 2.31. The molecule has 0 saturated carbocycles. The van der Waals surface area contributed by atoms with Crippen molar-refractivity contribution in [1.82, 2.24) is 9.78 Å². The molecule has 1 aromatic rings. The smallest absolute Gasteiger partial charge is 0.320 e. The van der Waals surface area contributed by atoms with Crippen molar-refractivity contribution in [3.05, 3.63) is 18.0 Å². The van der Waals surface area contributed by atoms with Gasteiger partial charge in [0.2, 0.25) is 0 Å². The molecular formula is C15H24N2O4.